The number of nitrogens with zero attached hydrogens (tertiary/aromatic N) is 2. The summed E-state index contributed by atoms with van der Waals surface area (Å²) < 4.78 is 0. The predicted octanol–water partition coefficient (Wildman–Crippen LogP) is 3.71. The molecule has 0 aromatic heterocycles. The first-order valence-electron chi connectivity index (χ1n) is 6.15. The highest BCUT2D eigenvalue weighted by atomic mass is 16.7. The summed E-state index contributed by atoms with van der Waals surface area (Å²) in [5, 5.41) is 3.67. The minimum absolute atomic E-state index is 0.963. The van der Waals surface area contributed by atoms with Gasteiger partial charge in [0.05, 0.1) is 37.0 Å². The fraction of sp³-hybridized carbons (Fsp3) is 0.200. The molecule has 0 fully saturated rings. The van der Waals surface area contributed by atoms with E-state index < -0.39 is 0 Å². The van der Waals surface area contributed by atoms with E-state index in [0.717, 1.165) is 28.3 Å². The van der Waals surface area contributed by atoms with Crippen molar-refractivity contribution in [1.82, 2.24) is 0 Å². The summed E-state index contributed by atoms with van der Waals surface area (Å²) in [5.41, 5.74) is 5.04. The lowest BCUT2D eigenvalue weighted by Gasteiger charge is -2.37. The standard InChI is InChI=1S/C15H16N2O2/c1-11-7-6-10-14-15(11)17(19-3)13-9-5-4-8-12(13)16(14)18-2/h4-10H,1-3H3. The summed E-state index contributed by atoms with van der Waals surface area (Å²) in [4.78, 5) is 11.1. The van der Waals surface area contributed by atoms with Gasteiger partial charge in [-0.2, -0.15) is 0 Å². The molecule has 1 aliphatic heterocycles. The Kier molecular flexibility index (Phi) is 2.89. The highest BCUT2D eigenvalue weighted by Crippen LogP contribution is 2.48. The molecule has 19 heavy (non-hydrogen) atoms. The van der Waals surface area contributed by atoms with E-state index in [1.54, 1.807) is 14.2 Å². The molecule has 0 unspecified atom stereocenters. The number of para-hydroxylation sites is 3. The van der Waals surface area contributed by atoms with Gasteiger partial charge in [0.25, 0.3) is 0 Å². The van der Waals surface area contributed by atoms with E-state index in [9.17, 15) is 0 Å². The van der Waals surface area contributed by atoms with Gasteiger partial charge in [-0.15, -0.1) is 0 Å². The van der Waals surface area contributed by atoms with Gasteiger partial charge in [0.15, 0.2) is 0 Å². The number of hydrogen-bond acceptors (Lipinski definition) is 4. The van der Waals surface area contributed by atoms with Crippen molar-refractivity contribution in [1.29, 1.82) is 0 Å². The Morgan fingerprint density at radius 1 is 0.737 bits per heavy atom. The first-order chi connectivity index (χ1) is 9.27. The Bertz CT molecular complexity index is 613. The van der Waals surface area contributed by atoms with Crippen LogP contribution in [0.3, 0.4) is 0 Å². The lowest BCUT2D eigenvalue weighted by atomic mass is 10.1. The molecule has 4 nitrogen and oxygen atoms in total. The van der Waals surface area contributed by atoms with Crippen molar-refractivity contribution < 1.29 is 9.68 Å². The molecule has 1 aliphatic rings. The van der Waals surface area contributed by atoms with E-state index in [0.29, 0.717) is 0 Å². The van der Waals surface area contributed by atoms with Crippen LogP contribution in [-0.2, 0) is 9.68 Å². The molecule has 0 bridgehead atoms. The molecule has 1 heterocycles. The second-order valence-electron chi connectivity index (χ2n) is 4.39. The molecule has 0 N–H and O–H groups in total. The predicted molar refractivity (Wildman–Crippen MR) is 75.9 cm³/mol. The number of aryl methyl sites for hydroxylation is 1. The molecule has 3 rings (SSSR count). The van der Waals surface area contributed by atoms with Crippen molar-refractivity contribution in [3.63, 3.8) is 0 Å². The van der Waals surface area contributed by atoms with Crippen molar-refractivity contribution in [2.75, 3.05) is 24.3 Å². The quantitative estimate of drug-likeness (QED) is 0.817. The van der Waals surface area contributed by atoms with Crippen LogP contribution < -0.4 is 10.1 Å². The monoisotopic (exact) mass is 256 g/mol. The van der Waals surface area contributed by atoms with E-state index in [2.05, 4.69) is 13.0 Å². The van der Waals surface area contributed by atoms with Crippen LogP contribution in [0.1, 0.15) is 5.56 Å². The van der Waals surface area contributed by atoms with Gasteiger partial charge < -0.3 is 0 Å². The fourth-order valence-electron chi connectivity index (χ4n) is 2.52. The maximum absolute atomic E-state index is 5.57. The van der Waals surface area contributed by atoms with Crippen LogP contribution in [0, 0.1) is 6.92 Å². The van der Waals surface area contributed by atoms with Gasteiger partial charge >= 0.3 is 0 Å². The average Bonchev–Trinajstić information content (AvgIpc) is 2.45. The Balaban J connectivity index is 2.29. The van der Waals surface area contributed by atoms with Crippen LogP contribution in [0.25, 0.3) is 0 Å². The van der Waals surface area contributed by atoms with E-state index in [4.69, 9.17) is 9.68 Å². The van der Waals surface area contributed by atoms with Crippen LogP contribution in [0.2, 0.25) is 0 Å². The second-order valence-corrected chi connectivity index (χ2v) is 4.39. The molecule has 0 radical (unpaired) electrons. The zero-order valence-electron chi connectivity index (χ0n) is 11.3. The fourth-order valence-corrected chi connectivity index (χ4v) is 2.52. The number of hydrogen-bond donors (Lipinski definition) is 0. The first-order valence-corrected chi connectivity index (χ1v) is 6.15. The summed E-state index contributed by atoms with van der Waals surface area (Å²) in [5.74, 6) is 0. The average molecular weight is 256 g/mol. The molecule has 2 aromatic carbocycles. The molecule has 98 valence electrons. The zero-order valence-corrected chi connectivity index (χ0v) is 11.3. The molecule has 2 aromatic rings. The molecule has 0 saturated carbocycles. The van der Waals surface area contributed by atoms with E-state index in [-0.39, 0.29) is 0 Å². The van der Waals surface area contributed by atoms with Crippen molar-refractivity contribution in [2.45, 2.75) is 6.92 Å². The van der Waals surface area contributed by atoms with E-state index >= 15 is 0 Å². The number of fused-ring (bicyclic) bond motifs is 2. The highest BCUT2D eigenvalue weighted by molar-refractivity contribution is 5.92. The Morgan fingerprint density at radius 2 is 1.32 bits per heavy atom. The zero-order chi connectivity index (χ0) is 13.4. The largest absolute Gasteiger partial charge is 0.272 e. The Hall–Kier alpha value is -2.04. The topological polar surface area (TPSA) is 24.9 Å². The minimum Gasteiger partial charge on any atom is -0.272 e. The number of rotatable bonds is 2. The smallest absolute Gasteiger partial charge is 0.0986 e. The van der Waals surface area contributed by atoms with Crippen molar-refractivity contribution in [3.05, 3.63) is 48.0 Å². The molecular formula is C15H16N2O2. The van der Waals surface area contributed by atoms with Crippen LogP contribution in [0.4, 0.5) is 22.7 Å². The third kappa shape index (κ3) is 1.69. The van der Waals surface area contributed by atoms with Crippen LogP contribution in [0.5, 0.6) is 0 Å². The van der Waals surface area contributed by atoms with Gasteiger partial charge in [-0.1, -0.05) is 24.3 Å². The van der Waals surface area contributed by atoms with Gasteiger partial charge in [-0.3, -0.25) is 9.68 Å². The van der Waals surface area contributed by atoms with Gasteiger partial charge in [0, 0.05) is 0 Å². The second kappa shape index (κ2) is 4.57. The maximum atomic E-state index is 5.57. The summed E-state index contributed by atoms with van der Waals surface area (Å²) in [6.45, 7) is 2.06. The highest BCUT2D eigenvalue weighted by Gasteiger charge is 2.29. The lowest BCUT2D eigenvalue weighted by Crippen LogP contribution is -2.28. The minimum atomic E-state index is 0.963. The molecule has 0 atom stereocenters. The summed E-state index contributed by atoms with van der Waals surface area (Å²) in [6, 6.07) is 14.1. The molecule has 0 saturated heterocycles. The summed E-state index contributed by atoms with van der Waals surface area (Å²) >= 11 is 0. The van der Waals surface area contributed by atoms with Crippen LogP contribution in [-0.4, -0.2) is 14.2 Å². The summed E-state index contributed by atoms with van der Waals surface area (Å²) in [6.07, 6.45) is 0. The van der Waals surface area contributed by atoms with E-state index in [1.807, 2.05) is 46.5 Å². The normalized spacial score (nSPS) is 13.2. The van der Waals surface area contributed by atoms with Gasteiger partial charge in [-0.05, 0) is 30.7 Å². The van der Waals surface area contributed by atoms with Gasteiger partial charge in [0.2, 0.25) is 0 Å². The third-order valence-corrected chi connectivity index (χ3v) is 3.32. The maximum Gasteiger partial charge on any atom is 0.0986 e. The van der Waals surface area contributed by atoms with Gasteiger partial charge in [0.1, 0.15) is 0 Å². The van der Waals surface area contributed by atoms with Crippen molar-refractivity contribution >= 4 is 22.7 Å². The third-order valence-electron chi connectivity index (χ3n) is 3.32. The van der Waals surface area contributed by atoms with Crippen LogP contribution >= 0.6 is 0 Å². The van der Waals surface area contributed by atoms with Crippen molar-refractivity contribution in [3.8, 4) is 0 Å². The van der Waals surface area contributed by atoms with Crippen LogP contribution in [0.15, 0.2) is 42.5 Å². The number of anilines is 4. The lowest BCUT2D eigenvalue weighted by molar-refractivity contribution is 0.180. The Labute approximate surface area is 112 Å². The number of benzene rings is 2. The molecule has 0 aliphatic carbocycles. The molecule has 0 amide bonds. The summed E-state index contributed by atoms with van der Waals surface area (Å²) in [7, 11) is 3.35. The van der Waals surface area contributed by atoms with Crippen molar-refractivity contribution in [2.24, 2.45) is 0 Å². The molecular weight excluding hydrogens is 240 g/mol. The van der Waals surface area contributed by atoms with E-state index in [1.165, 1.54) is 0 Å². The first kappa shape index (κ1) is 12.0. The SMILES string of the molecule is CON1c2ccccc2N(OC)c2c(C)cccc21. The molecule has 0 spiro atoms. The Morgan fingerprint density at radius 3 is 1.95 bits per heavy atom. The van der Waals surface area contributed by atoms with Gasteiger partial charge in [-0.25, -0.2) is 10.1 Å². The molecule has 4 heteroatoms.